The number of carbonyl (C=O) groups excluding carboxylic acids is 1. The van der Waals surface area contributed by atoms with Gasteiger partial charge >= 0.3 is 21.3 Å². The molecule has 9 unspecified atom stereocenters. The Balaban J connectivity index is 1.41. The maximum Gasteiger partial charge on any atom is 0.465 e. The summed E-state index contributed by atoms with van der Waals surface area (Å²) in [6, 6.07) is 0. The number of hydrogen-bond donors (Lipinski definition) is 1. The molecule has 8 heteroatoms. The second kappa shape index (κ2) is 10.3. The molecule has 9 atom stereocenters. The lowest BCUT2D eigenvalue weighted by Crippen LogP contribution is -2.54. The summed E-state index contributed by atoms with van der Waals surface area (Å²) in [4.78, 5) is 11.9. The van der Waals surface area contributed by atoms with Gasteiger partial charge in [0.15, 0.2) is 0 Å². The van der Waals surface area contributed by atoms with E-state index in [9.17, 15) is 22.0 Å². The van der Waals surface area contributed by atoms with Crippen LogP contribution in [-0.4, -0.2) is 30.3 Å². The van der Waals surface area contributed by atoms with Gasteiger partial charge in [-0.3, -0.25) is 4.55 Å². The molecular weight excluding hydrogens is 498 g/mol. The second-order valence-electron chi connectivity index (χ2n) is 14.0. The Labute approximate surface area is 222 Å². The van der Waals surface area contributed by atoms with Gasteiger partial charge in [-0.1, -0.05) is 53.9 Å². The van der Waals surface area contributed by atoms with Gasteiger partial charge in [-0.25, -0.2) is 4.79 Å². The van der Waals surface area contributed by atoms with Crippen LogP contribution in [0.5, 0.6) is 0 Å². The Hall–Kier alpha value is -0.760. The number of halogens is 2. The Bertz CT molecular complexity index is 952. The van der Waals surface area contributed by atoms with Crippen LogP contribution in [0.1, 0.15) is 112 Å². The van der Waals surface area contributed by atoms with Crippen molar-refractivity contribution in [3.05, 3.63) is 0 Å². The quantitative estimate of drug-likeness (QED) is 0.252. The van der Waals surface area contributed by atoms with E-state index >= 15 is 0 Å². The number of carbonyl (C=O) groups is 1. The highest BCUT2D eigenvalue weighted by atomic mass is 32.2. The fourth-order valence-electron chi connectivity index (χ4n) is 9.68. The molecule has 0 aliphatic heterocycles. The number of rotatable bonds is 8. The van der Waals surface area contributed by atoms with Gasteiger partial charge in [0, 0.05) is 0 Å². The first-order chi connectivity index (χ1) is 17.1. The second-order valence-corrected chi connectivity index (χ2v) is 15.4. The number of esters is 1. The summed E-state index contributed by atoms with van der Waals surface area (Å²) < 4.78 is 63.1. The van der Waals surface area contributed by atoms with Crippen LogP contribution in [0.3, 0.4) is 0 Å². The van der Waals surface area contributed by atoms with Crippen molar-refractivity contribution in [2.45, 2.75) is 123 Å². The number of alkyl halides is 2. The van der Waals surface area contributed by atoms with Crippen LogP contribution >= 0.6 is 0 Å². The van der Waals surface area contributed by atoms with Crippen LogP contribution in [-0.2, 0) is 19.6 Å². The van der Waals surface area contributed by atoms with Gasteiger partial charge in [0.2, 0.25) is 0 Å². The molecule has 0 aromatic rings. The average molecular weight is 547 g/mol. The first-order valence-corrected chi connectivity index (χ1v) is 16.1. The van der Waals surface area contributed by atoms with Crippen molar-refractivity contribution in [2.75, 3.05) is 0 Å². The molecule has 5 nitrogen and oxygen atoms in total. The fraction of sp³-hybridized carbons (Fsp3) is 0.966. The van der Waals surface area contributed by atoms with Crippen molar-refractivity contribution in [3.63, 3.8) is 0 Å². The molecule has 0 heterocycles. The van der Waals surface area contributed by atoms with E-state index in [1.807, 2.05) is 0 Å². The highest BCUT2D eigenvalue weighted by Crippen LogP contribution is 2.68. The zero-order valence-electron chi connectivity index (χ0n) is 23.3. The Morgan fingerprint density at radius 2 is 1.62 bits per heavy atom. The van der Waals surface area contributed by atoms with E-state index in [0.717, 1.165) is 42.9 Å². The molecule has 4 rings (SSSR count). The largest absolute Gasteiger partial charge is 0.465 e. The molecule has 4 fully saturated rings. The third kappa shape index (κ3) is 5.24. The van der Waals surface area contributed by atoms with Crippen LogP contribution in [0, 0.1) is 52.3 Å². The van der Waals surface area contributed by atoms with Crippen molar-refractivity contribution in [1.82, 2.24) is 0 Å². The zero-order chi connectivity index (χ0) is 27.4. The van der Waals surface area contributed by atoms with Gasteiger partial charge in [0.1, 0.15) is 6.10 Å². The fourth-order valence-corrected chi connectivity index (χ4v) is 9.93. The minimum Gasteiger partial charge on any atom is -0.457 e. The van der Waals surface area contributed by atoms with Crippen LogP contribution in [0.25, 0.3) is 0 Å². The Morgan fingerprint density at radius 1 is 0.973 bits per heavy atom. The van der Waals surface area contributed by atoms with Crippen LogP contribution in [0.2, 0.25) is 0 Å². The SMILES string of the molecule is CC(C)CCCC(C)C1CCC2C3CCC4CC(OC(=O)C(F)(F)S(=O)(=O)O)CCC4(C)C3CCC12C. The molecule has 0 amide bonds. The van der Waals surface area contributed by atoms with Crippen LogP contribution in [0.4, 0.5) is 8.78 Å². The van der Waals surface area contributed by atoms with Crippen molar-refractivity contribution < 1.29 is 31.3 Å². The number of hydrogen-bond acceptors (Lipinski definition) is 4. The van der Waals surface area contributed by atoms with Crippen molar-refractivity contribution in [1.29, 1.82) is 0 Å². The molecule has 0 saturated heterocycles. The van der Waals surface area contributed by atoms with Crippen LogP contribution < -0.4 is 0 Å². The smallest absolute Gasteiger partial charge is 0.457 e. The summed E-state index contributed by atoms with van der Waals surface area (Å²) in [5.41, 5.74) is 0.509. The standard InChI is InChI=1S/C29H48F2O5S/c1-18(2)7-6-8-19(3)23-11-12-24-22-10-9-20-17-21(36-26(32)29(30,31)37(33,34)35)13-15-27(20,4)25(22)14-16-28(23,24)5/h18-25H,6-17H2,1-5H3,(H,33,34,35). The average Bonchev–Trinajstić information content (AvgIpc) is 3.15. The van der Waals surface area contributed by atoms with Gasteiger partial charge in [-0.05, 0) is 110 Å². The third-order valence-corrected chi connectivity index (χ3v) is 12.5. The molecule has 37 heavy (non-hydrogen) atoms. The molecule has 0 spiro atoms. The van der Waals surface area contributed by atoms with Gasteiger partial charge in [0.25, 0.3) is 0 Å². The number of fused-ring (bicyclic) bond motifs is 5. The summed E-state index contributed by atoms with van der Waals surface area (Å²) in [7, 11) is -5.85. The lowest BCUT2D eigenvalue weighted by atomic mass is 9.44. The van der Waals surface area contributed by atoms with Gasteiger partial charge < -0.3 is 4.74 Å². The van der Waals surface area contributed by atoms with E-state index in [1.165, 1.54) is 44.9 Å². The molecule has 4 aliphatic rings. The lowest BCUT2D eigenvalue weighted by molar-refractivity contribution is -0.177. The summed E-state index contributed by atoms with van der Waals surface area (Å²) in [5, 5.41) is -4.93. The third-order valence-electron chi connectivity index (χ3n) is 11.7. The van der Waals surface area contributed by atoms with Gasteiger partial charge in [-0.15, -0.1) is 0 Å². The first-order valence-electron chi connectivity index (χ1n) is 14.7. The van der Waals surface area contributed by atoms with Crippen molar-refractivity contribution in [2.24, 2.45) is 52.3 Å². The topological polar surface area (TPSA) is 80.7 Å². The highest BCUT2D eigenvalue weighted by Gasteiger charge is 2.61. The summed E-state index contributed by atoms with van der Waals surface area (Å²) >= 11 is 0. The molecule has 0 bridgehead atoms. The van der Waals surface area contributed by atoms with E-state index in [0.29, 0.717) is 30.1 Å². The normalized spacial score (nSPS) is 41.0. The van der Waals surface area contributed by atoms with E-state index < -0.39 is 27.4 Å². The molecule has 214 valence electrons. The van der Waals surface area contributed by atoms with E-state index in [2.05, 4.69) is 34.6 Å². The summed E-state index contributed by atoms with van der Waals surface area (Å²) in [6.07, 6.45) is 12.3. The molecule has 0 aromatic heterocycles. The molecular formula is C29H48F2O5S. The molecule has 0 radical (unpaired) electrons. The highest BCUT2D eigenvalue weighted by molar-refractivity contribution is 7.87. The van der Waals surface area contributed by atoms with E-state index in [-0.39, 0.29) is 11.3 Å². The Morgan fingerprint density at radius 3 is 2.27 bits per heavy atom. The van der Waals surface area contributed by atoms with Gasteiger partial charge in [-0.2, -0.15) is 17.2 Å². The molecule has 4 aliphatic carbocycles. The predicted octanol–water partition coefficient (Wildman–Crippen LogP) is 7.50. The van der Waals surface area contributed by atoms with E-state index in [4.69, 9.17) is 9.29 Å². The first kappa shape index (κ1) is 29.2. The lowest BCUT2D eigenvalue weighted by Gasteiger charge is -2.61. The van der Waals surface area contributed by atoms with Crippen molar-refractivity contribution in [3.8, 4) is 0 Å². The predicted molar refractivity (Wildman–Crippen MR) is 139 cm³/mol. The summed E-state index contributed by atoms with van der Waals surface area (Å²) in [5.74, 6) is 2.51. The number of ether oxygens (including phenoxy) is 1. The van der Waals surface area contributed by atoms with Crippen molar-refractivity contribution >= 4 is 16.1 Å². The van der Waals surface area contributed by atoms with E-state index in [1.54, 1.807) is 0 Å². The zero-order valence-corrected chi connectivity index (χ0v) is 24.2. The minimum atomic E-state index is -5.85. The molecule has 1 N–H and O–H groups in total. The monoisotopic (exact) mass is 546 g/mol. The van der Waals surface area contributed by atoms with Gasteiger partial charge in [0.05, 0.1) is 0 Å². The summed E-state index contributed by atoms with van der Waals surface area (Å²) in [6.45, 7) is 12.0. The maximum absolute atomic E-state index is 13.7. The molecule has 0 aromatic carbocycles. The molecule has 4 saturated carbocycles. The Kier molecular flexibility index (Phi) is 8.16. The maximum atomic E-state index is 13.7. The van der Waals surface area contributed by atoms with Crippen LogP contribution in [0.15, 0.2) is 0 Å². The minimum absolute atomic E-state index is 0.0969.